The van der Waals surface area contributed by atoms with E-state index in [9.17, 15) is 19.2 Å². The van der Waals surface area contributed by atoms with Gasteiger partial charge in [-0.2, -0.15) is 11.8 Å². The molecule has 0 atom stereocenters. The number of carbonyl (C=O) groups is 4. The maximum Gasteiger partial charge on any atom is 0.415 e. The lowest BCUT2D eigenvalue weighted by molar-refractivity contribution is -0.144. The first kappa shape index (κ1) is 38.4. The number of carbonyl (C=O) groups excluding carboxylic acids is 4. The smallest absolute Gasteiger partial charge is 0.415 e. The molecule has 0 bridgehead atoms. The quantitative estimate of drug-likeness (QED) is 0.104. The van der Waals surface area contributed by atoms with Gasteiger partial charge in [-0.3, -0.25) is 14.4 Å². The van der Waals surface area contributed by atoms with Crippen molar-refractivity contribution in [1.29, 1.82) is 0 Å². The minimum Gasteiger partial charge on any atom is -0.461 e. The van der Waals surface area contributed by atoms with Crippen LogP contribution in [0.2, 0.25) is 0 Å². The normalized spacial score (nSPS) is 11.0. The largest absolute Gasteiger partial charge is 0.461 e. The van der Waals surface area contributed by atoms with Gasteiger partial charge >= 0.3 is 12.1 Å². The molecule has 43 heavy (non-hydrogen) atoms. The molecule has 0 saturated heterocycles. The van der Waals surface area contributed by atoms with E-state index in [-0.39, 0.29) is 24.9 Å². The summed E-state index contributed by atoms with van der Waals surface area (Å²) in [5, 5.41) is 0. The monoisotopic (exact) mass is 621 g/mol. The first-order chi connectivity index (χ1) is 20.6. The standard InChI is InChI=1S/C33H55N3O6S/c1-7-32(39)41-26-28-17-18-31(42-33(40)35(6)22-21-34(4)5)29(24-28)25-36(27(3)37)20-15-13-11-9-10-12-14-16-30(38)19-23-43-8-2/h17-18,24H,7-16,19-23,25-26H2,1-6H3. The first-order valence-electron chi connectivity index (χ1n) is 15.8. The Labute approximate surface area is 264 Å². The Morgan fingerprint density at radius 1 is 0.837 bits per heavy atom. The zero-order valence-electron chi connectivity index (χ0n) is 27.5. The van der Waals surface area contributed by atoms with Crippen LogP contribution in [0.5, 0.6) is 5.75 Å². The number of rotatable bonds is 23. The molecule has 0 saturated carbocycles. The van der Waals surface area contributed by atoms with E-state index in [1.807, 2.05) is 36.8 Å². The fourth-order valence-electron chi connectivity index (χ4n) is 4.34. The number of ether oxygens (including phenoxy) is 2. The third kappa shape index (κ3) is 18.0. The summed E-state index contributed by atoms with van der Waals surface area (Å²) in [5.74, 6) is 2.43. The van der Waals surface area contributed by atoms with Gasteiger partial charge in [0.05, 0.1) is 0 Å². The molecule has 0 unspecified atom stereocenters. The van der Waals surface area contributed by atoms with Gasteiger partial charge in [-0.15, -0.1) is 0 Å². The van der Waals surface area contributed by atoms with Gasteiger partial charge in [0.2, 0.25) is 5.91 Å². The Bertz CT molecular complexity index is 987. The van der Waals surface area contributed by atoms with Gasteiger partial charge in [0.15, 0.2) is 0 Å². The second-order valence-corrected chi connectivity index (χ2v) is 12.6. The molecule has 244 valence electrons. The molecule has 1 aromatic rings. The SMILES string of the molecule is CCSCCC(=O)CCCCCCCCCN(Cc1cc(COC(=O)CC)ccc1OC(=O)N(C)CCN(C)C)C(C)=O. The average Bonchev–Trinajstić information content (AvgIpc) is 2.97. The highest BCUT2D eigenvalue weighted by Crippen LogP contribution is 2.24. The number of likely N-dealkylation sites (N-methyl/N-ethyl adjacent to an activating group) is 2. The van der Waals surface area contributed by atoms with Gasteiger partial charge in [0.1, 0.15) is 18.1 Å². The predicted molar refractivity (Wildman–Crippen MR) is 174 cm³/mol. The van der Waals surface area contributed by atoms with Crippen molar-refractivity contribution in [2.75, 3.05) is 52.3 Å². The number of unbranched alkanes of at least 4 members (excludes halogenated alkanes) is 6. The highest BCUT2D eigenvalue weighted by molar-refractivity contribution is 7.99. The highest BCUT2D eigenvalue weighted by Gasteiger charge is 2.18. The summed E-state index contributed by atoms with van der Waals surface area (Å²) < 4.78 is 11.1. The summed E-state index contributed by atoms with van der Waals surface area (Å²) in [6.07, 6.45) is 8.51. The molecule has 0 N–H and O–H groups in total. The predicted octanol–water partition coefficient (Wildman–Crippen LogP) is 6.31. The van der Waals surface area contributed by atoms with E-state index in [1.54, 1.807) is 37.9 Å². The van der Waals surface area contributed by atoms with Crippen molar-refractivity contribution in [2.24, 2.45) is 0 Å². The van der Waals surface area contributed by atoms with Crippen molar-refractivity contribution in [3.63, 3.8) is 0 Å². The molecule has 0 aliphatic carbocycles. The minimum absolute atomic E-state index is 0.0507. The average molecular weight is 622 g/mol. The Morgan fingerprint density at radius 3 is 2.14 bits per heavy atom. The van der Waals surface area contributed by atoms with Gasteiger partial charge in [0.25, 0.3) is 0 Å². The number of ketones is 1. The third-order valence-electron chi connectivity index (χ3n) is 7.12. The summed E-state index contributed by atoms with van der Waals surface area (Å²) in [6, 6.07) is 5.32. The van der Waals surface area contributed by atoms with E-state index in [4.69, 9.17) is 9.47 Å². The molecular formula is C33H55N3O6S. The third-order valence-corrected chi connectivity index (χ3v) is 8.03. The summed E-state index contributed by atoms with van der Waals surface area (Å²) in [7, 11) is 5.58. The number of benzene rings is 1. The molecule has 0 aliphatic rings. The Morgan fingerprint density at radius 2 is 1.51 bits per heavy atom. The fourth-order valence-corrected chi connectivity index (χ4v) is 5.00. The number of hydrogen-bond acceptors (Lipinski definition) is 8. The molecule has 1 rings (SSSR count). The molecule has 0 spiro atoms. The van der Waals surface area contributed by atoms with E-state index in [2.05, 4.69) is 6.92 Å². The van der Waals surface area contributed by atoms with Crippen molar-refractivity contribution in [3.8, 4) is 5.75 Å². The van der Waals surface area contributed by atoms with Crippen molar-refractivity contribution in [2.45, 2.75) is 98.1 Å². The van der Waals surface area contributed by atoms with Gasteiger partial charge in [0, 0.05) is 70.7 Å². The van der Waals surface area contributed by atoms with E-state index >= 15 is 0 Å². The Balaban J connectivity index is 2.67. The molecule has 0 heterocycles. The van der Waals surface area contributed by atoms with Crippen LogP contribution >= 0.6 is 11.8 Å². The summed E-state index contributed by atoms with van der Waals surface area (Å²) in [4.78, 5) is 54.2. The minimum atomic E-state index is -0.470. The van der Waals surface area contributed by atoms with Crippen molar-refractivity contribution >= 4 is 35.5 Å². The number of hydrogen-bond donors (Lipinski definition) is 0. The van der Waals surface area contributed by atoms with E-state index in [0.717, 1.165) is 62.0 Å². The van der Waals surface area contributed by atoms with Crippen LogP contribution in [0.3, 0.4) is 0 Å². The number of thioether (sulfide) groups is 1. The summed E-state index contributed by atoms with van der Waals surface area (Å²) in [6.45, 7) is 7.64. The zero-order chi connectivity index (χ0) is 32.0. The van der Waals surface area contributed by atoms with E-state index in [0.29, 0.717) is 56.1 Å². The molecule has 0 fully saturated rings. The lowest BCUT2D eigenvalue weighted by atomic mass is 10.1. The fraction of sp³-hybridized carbons (Fsp3) is 0.697. The number of Topliss-reactive ketones (excluding diaryl/α,β-unsaturated/α-hetero) is 1. The molecule has 0 aromatic heterocycles. The maximum absolute atomic E-state index is 12.8. The van der Waals surface area contributed by atoms with Crippen LogP contribution in [0.25, 0.3) is 0 Å². The van der Waals surface area contributed by atoms with Gasteiger partial charge in [-0.05, 0) is 50.4 Å². The van der Waals surface area contributed by atoms with E-state index < -0.39 is 6.09 Å². The first-order valence-corrected chi connectivity index (χ1v) is 16.9. The summed E-state index contributed by atoms with van der Waals surface area (Å²) in [5.41, 5.74) is 1.46. The Hall–Kier alpha value is -2.59. The van der Waals surface area contributed by atoms with Crippen molar-refractivity contribution in [3.05, 3.63) is 29.3 Å². The molecule has 9 nitrogen and oxygen atoms in total. The van der Waals surface area contributed by atoms with Crippen LogP contribution in [0.4, 0.5) is 4.79 Å². The van der Waals surface area contributed by atoms with Crippen LogP contribution in [0, 0.1) is 0 Å². The second kappa shape index (κ2) is 22.9. The van der Waals surface area contributed by atoms with Gasteiger partial charge < -0.3 is 24.2 Å². The van der Waals surface area contributed by atoms with Crippen LogP contribution in [-0.2, 0) is 32.3 Å². The van der Waals surface area contributed by atoms with Gasteiger partial charge in [-0.1, -0.05) is 52.0 Å². The van der Waals surface area contributed by atoms with Crippen molar-refractivity contribution in [1.82, 2.24) is 14.7 Å². The number of nitrogens with zero attached hydrogens (tertiary/aromatic N) is 3. The molecule has 0 radical (unpaired) electrons. The van der Waals surface area contributed by atoms with Crippen LogP contribution < -0.4 is 4.74 Å². The Kier molecular flexibility index (Phi) is 20.5. The topological polar surface area (TPSA) is 96.5 Å². The maximum atomic E-state index is 12.8. The lowest BCUT2D eigenvalue weighted by Crippen LogP contribution is -2.35. The van der Waals surface area contributed by atoms with Crippen LogP contribution in [0.1, 0.15) is 96.1 Å². The van der Waals surface area contributed by atoms with E-state index in [1.165, 1.54) is 4.90 Å². The number of amides is 2. The molecule has 10 heteroatoms. The molecule has 2 amide bonds. The number of esters is 1. The highest BCUT2D eigenvalue weighted by atomic mass is 32.2. The van der Waals surface area contributed by atoms with Crippen molar-refractivity contribution < 1.29 is 28.7 Å². The molecule has 1 aromatic carbocycles. The van der Waals surface area contributed by atoms with Crippen LogP contribution in [-0.4, -0.2) is 90.7 Å². The molecule has 0 aliphatic heterocycles. The second-order valence-electron chi connectivity index (χ2n) is 11.2. The zero-order valence-corrected chi connectivity index (χ0v) is 28.3. The van der Waals surface area contributed by atoms with Gasteiger partial charge in [-0.25, -0.2) is 4.79 Å². The summed E-state index contributed by atoms with van der Waals surface area (Å²) >= 11 is 1.82. The molecular weight excluding hydrogens is 566 g/mol. The van der Waals surface area contributed by atoms with Crippen LogP contribution in [0.15, 0.2) is 18.2 Å². The lowest BCUT2D eigenvalue weighted by Gasteiger charge is -2.24.